The highest BCUT2D eigenvalue weighted by molar-refractivity contribution is 5.63. The molecule has 0 radical (unpaired) electrons. The first-order chi connectivity index (χ1) is 13.6. The van der Waals surface area contributed by atoms with Gasteiger partial charge in [-0.3, -0.25) is 0 Å². The summed E-state index contributed by atoms with van der Waals surface area (Å²) in [5.41, 5.74) is 7.15. The van der Waals surface area contributed by atoms with E-state index in [1.165, 1.54) is 12.1 Å². The summed E-state index contributed by atoms with van der Waals surface area (Å²) in [6.45, 7) is 0. The van der Waals surface area contributed by atoms with E-state index in [0.717, 1.165) is 0 Å². The number of hydrogen-bond donors (Lipinski definition) is 1. The minimum absolute atomic E-state index is 0.0139. The van der Waals surface area contributed by atoms with Crippen molar-refractivity contribution in [2.75, 3.05) is 12.8 Å². The van der Waals surface area contributed by atoms with E-state index in [4.69, 9.17) is 15.0 Å². The molecule has 2 heterocycles. The summed E-state index contributed by atoms with van der Waals surface area (Å²) in [4.78, 5) is 16.9. The number of hydrogen-bond acceptors (Lipinski definition) is 8. The predicted octanol–water partition coefficient (Wildman–Crippen LogP) is 2.91. The molecule has 0 aliphatic heterocycles. The second-order valence-electron chi connectivity index (χ2n) is 5.86. The number of anilines is 1. The highest BCUT2D eigenvalue weighted by atomic mass is 19.1. The maximum atomic E-state index is 13.4. The fourth-order valence-electron chi connectivity index (χ4n) is 2.69. The summed E-state index contributed by atoms with van der Waals surface area (Å²) in [5.74, 6) is 1.24. The Morgan fingerprint density at radius 1 is 1.00 bits per heavy atom. The lowest BCUT2D eigenvalue weighted by molar-refractivity contribution is 0.405. The molecule has 0 fully saturated rings. The number of benzene rings is 2. The summed E-state index contributed by atoms with van der Waals surface area (Å²) in [6.07, 6.45) is 0.286. The number of nitrogen functional groups attached to an aromatic ring is 1. The highest BCUT2D eigenvalue weighted by Gasteiger charge is 2.17. The van der Waals surface area contributed by atoms with Gasteiger partial charge in [0.15, 0.2) is 0 Å². The lowest BCUT2D eigenvalue weighted by atomic mass is 10.1. The second kappa shape index (κ2) is 7.39. The monoisotopic (exact) mass is 378 g/mol. The Hall–Kier alpha value is -3.88. The van der Waals surface area contributed by atoms with Crippen LogP contribution in [0.25, 0.3) is 23.1 Å². The van der Waals surface area contributed by atoms with E-state index in [0.29, 0.717) is 22.7 Å². The first-order valence-electron chi connectivity index (χ1n) is 8.35. The molecule has 0 amide bonds. The van der Waals surface area contributed by atoms with Crippen molar-refractivity contribution in [2.45, 2.75) is 6.42 Å². The van der Waals surface area contributed by atoms with Gasteiger partial charge >= 0.3 is 0 Å². The van der Waals surface area contributed by atoms with E-state index >= 15 is 0 Å². The van der Waals surface area contributed by atoms with Crippen LogP contribution in [-0.2, 0) is 6.42 Å². The van der Waals surface area contributed by atoms with Crippen molar-refractivity contribution < 1.29 is 13.7 Å². The Kier molecular flexibility index (Phi) is 4.63. The standard InChI is InChI=1S/C19H15FN6O2/c1-27-14-8-3-2-7-13(14)18-24-17(26-28-18)16-22-15(23-19(21)25-16)10-11-5-4-6-12(20)9-11/h2-9H,10H2,1H3,(H2,21,22,23,25). The zero-order valence-electron chi connectivity index (χ0n) is 14.8. The quantitative estimate of drug-likeness (QED) is 0.564. The van der Waals surface area contributed by atoms with E-state index in [1.807, 2.05) is 12.1 Å². The first-order valence-corrected chi connectivity index (χ1v) is 8.35. The van der Waals surface area contributed by atoms with Crippen LogP contribution < -0.4 is 10.5 Å². The molecule has 2 aromatic carbocycles. The molecule has 0 aliphatic rings. The van der Waals surface area contributed by atoms with Gasteiger partial charge in [0.2, 0.25) is 17.6 Å². The van der Waals surface area contributed by atoms with Gasteiger partial charge in [0, 0.05) is 6.42 Å². The number of para-hydroxylation sites is 1. The van der Waals surface area contributed by atoms with Crippen molar-refractivity contribution in [2.24, 2.45) is 0 Å². The largest absolute Gasteiger partial charge is 0.496 e. The van der Waals surface area contributed by atoms with Gasteiger partial charge in [0.25, 0.3) is 5.89 Å². The third-order valence-electron chi connectivity index (χ3n) is 3.91. The molecule has 0 unspecified atom stereocenters. The number of aromatic nitrogens is 5. The average molecular weight is 378 g/mol. The fourth-order valence-corrected chi connectivity index (χ4v) is 2.69. The molecule has 2 aromatic heterocycles. The molecule has 0 aliphatic carbocycles. The molecule has 4 aromatic rings. The van der Waals surface area contributed by atoms with Crippen LogP contribution >= 0.6 is 0 Å². The maximum Gasteiger partial charge on any atom is 0.262 e. The molecule has 0 saturated carbocycles. The van der Waals surface area contributed by atoms with Crippen LogP contribution in [0.3, 0.4) is 0 Å². The van der Waals surface area contributed by atoms with Crippen LogP contribution in [0.15, 0.2) is 53.1 Å². The molecular weight excluding hydrogens is 363 g/mol. The van der Waals surface area contributed by atoms with E-state index in [-0.39, 0.29) is 35.7 Å². The summed E-state index contributed by atoms with van der Waals surface area (Å²) in [5, 5.41) is 3.93. The van der Waals surface area contributed by atoms with Gasteiger partial charge in [-0.15, -0.1) is 0 Å². The first kappa shape index (κ1) is 17.5. The Bertz CT molecular complexity index is 1130. The molecule has 140 valence electrons. The van der Waals surface area contributed by atoms with E-state index in [1.54, 1.807) is 31.4 Å². The zero-order chi connectivity index (χ0) is 19.5. The van der Waals surface area contributed by atoms with E-state index in [2.05, 4.69) is 25.1 Å². The molecule has 2 N–H and O–H groups in total. The second-order valence-corrected chi connectivity index (χ2v) is 5.86. The normalized spacial score (nSPS) is 10.8. The van der Waals surface area contributed by atoms with Crippen LogP contribution in [0, 0.1) is 5.82 Å². The molecule has 0 bridgehead atoms. The molecule has 8 nitrogen and oxygen atoms in total. The van der Waals surface area contributed by atoms with Gasteiger partial charge in [0.05, 0.1) is 12.7 Å². The molecule has 9 heteroatoms. The fraction of sp³-hybridized carbons (Fsp3) is 0.105. The molecule has 0 saturated heterocycles. The van der Waals surface area contributed by atoms with Crippen LogP contribution in [0.5, 0.6) is 5.75 Å². The van der Waals surface area contributed by atoms with Crippen LogP contribution in [-0.4, -0.2) is 32.2 Å². The Balaban J connectivity index is 1.67. The smallest absolute Gasteiger partial charge is 0.262 e. The van der Waals surface area contributed by atoms with Crippen molar-refractivity contribution in [3.8, 4) is 28.9 Å². The predicted molar refractivity (Wildman–Crippen MR) is 98.7 cm³/mol. The van der Waals surface area contributed by atoms with Crippen molar-refractivity contribution in [3.63, 3.8) is 0 Å². The third kappa shape index (κ3) is 3.63. The van der Waals surface area contributed by atoms with Crippen LogP contribution in [0.2, 0.25) is 0 Å². The summed E-state index contributed by atoms with van der Waals surface area (Å²) < 4.78 is 24.0. The highest BCUT2D eigenvalue weighted by Crippen LogP contribution is 2.29. The van der Waals surface area contributed by atoms with Gasteiger partial charge < -0.3 is 15.0 Å². The molecular formula is C19H15FN6O2. The van der Waals surface area contributed by atoms with Gasteiger partial charge in [-0.2, -0.15) is 15.0 Å². The minimum atomic E-state index is -0.334. The van der Waals surface area contributed by atoms with Crippen LogP contribution in [0.4, 0.5) is 10.3 Å². The summed E-state index contributed by atoms with van der Waals surface area (Å²) >= 11 is 0. The Morgan fingerprint density at radius 2 is 1.86 bits per heavy atom. The van der Waals surface area contributed by atoms with E-state index in [9.17, 15) is 4.39 Å². The molecule has 28 heavy (non-hydrogen) atoms. The van der Waals surface area contributed by atoms with Crippen LogP contribution in [0.1, 0.15) is 11.4 Å². The van der Waals surface area contributed by atoms with Gasteiger partial charge in [0.1, 0.15) is 17.4 Å². The maximum absolute atomic E-state index is 13.4. The number of halogens is 1. The summed E-state index contributed by atoms with van der Waals surface area (Å²) in [7, 11) is 1.56. The topological polar surface area (TPSA) is 113 Å². The number of nitrogens with zero attached hydrogens (tertiary/aromatic N) is 5. The Morgan fingerprint density at radius 3 is 2.68 bits per heavy atom. The molecule has 0 spiro atoms. The average Bonchev–Trinajstić information content (AvgIpc) is 3.17. The van der Waals surface area contributed by atoms with E-state index < -0.39 is 0 Å². The van der Waals surface area contributed by atoms with Crippen molar-refractivity contribution >= 4 is 5.95 Å². The number of rotatable bonds is 5. The number of ether oxygens (including phenoxy) is 1. The van der Waals surface area contributed by atoms with Crippen molar-refractivity contribution in [1.29, 1.82) is 0 Å². The third-order valence-corrected chi connectivity index (χ3v) is 3.91. The SMILES string of the molecule is COc1ccccc1-c1nc(-c2nc(N)nc(Cc3cccc(F)c3)n2)no1. The number of nitrogens with two attached hydrogens (primary N) is 1. The molecule has 4 rings (SSSR count). The van der Waals surface area contributed by atoms with Crippen molar-refractivity contribution in [1.82, 2.24) is 25.1 Å². The minimum Gasteiger partial charge on any atom is -0.496 e. The van der Waals surface area contributed by atoms with Gasteiger partial charge in [-0.1, -0.05) is 29.4 Å². The lowest BCUT2D eigenvalue weighted by Crippen LogP contribution is -2.06. The van der Waals surface area contributed by atoms with Crippen molar-refractivity contribution in [3.05, 3.63) is 65.7 Å². The zero-order valence-corrected chi connectivity index (χ0v) is 14.8. The Labute approximate surface area is 159 Å². The summed E-state index contributed by atoms with van der Waals surface area (Å²) in [6, 6.07) is 13.4. The molecule has 0 atom stereocenters. The van der Waals surface area contributed by atoms with Gasteiger partial charge in [-0.05, 0) is 29.8 Å². The van der Waals surface area contributed by atoms with Gasteiger partial charge in [-0.25, -0.2) is 9.37 Å². The lowest BCUT2D eigenvalue weighted by Gasteiger charge is -2.03. The number of methoxy groups -OCH3 is 1.